The van der Waals surface area contributed by atoms with Crippen LogP contribution in [0.3, 0.4) is 0 Å². The molecule has 0 aliphatic heterocycles. The number of aliphatic hydroxyl groups excluding tert-OH is 2. The van der Waals surface area contributed by atoms with Gasteiger partial charge in [-0.2, -0.15) is 11.8 Å². The molecular weight excluding hydrogens is 580 g/mol. The van der Waals surface area contributed by atoms with Gasteiger partial charge < -0.3 is 26.2 Å². The van der Waals surface area contributed by atoms with E-state index in [1.807, 2.05) is 19.2 Å². The maximum absolute atomic E-state index is 13.6. The Labute approximate surface area is 252 Å². The molecule has 3 amide bonds. The Kier molecular flexibility index (Phi) is 15.0. The normalized spacial score (nSPS) is 15.1. The summed E-state index contributed by atoms with van der Waals surface area (Å²) in [5, 5.41) is 30.3. The summed E-state index contributed by atoms with van der Waals surface area (Å²) in [6.07, 6.45) is 3.14. The standard InChI is InChI=1S/C29H42N4O7S2/c1-4-5-16-42(39,40)19-25(33-28(37)22-12-9-14-30-18-22)29(38)32-24(17-21-10-7-6-8-11-21)27(36)26(35)23(13-15-41-3)31-20(2)34/h6-12,14,18,23-27,35-36H,4-5,13,15-17,19H2,1-3H3,(H,31,34)(H,32,38)(H,33,37). The van der Waals surface area contributed by atoms with Crippen LogP contribution < -0.4 is 16.0 Å². The van der Waals surface area contributed by atoms with Gasteiger partial charge in [-0.3, -0.25) is 19.4 Å². The minimum absolute atomic E-state index is 0.0893. The first kappa shape index (κ1) is 35.2. The number of sulfone groups is 1. The molecule has 5 unspecified atom stereocenters. The van der Waals surface area contributed by atoms with Gasteiger partial charge in [0.1, 0.15) is 18.2 Å². The lowest BCUT2D eigenvalue weighted by molar-refractivity contribution is -0.126. The van der Waals surface area contributed by atoms with Crippen molar-refractivity contribution in [1.82, 2.24) is 20.9 Å². The average molecular weight is 623 g/mol. The van der Waals surface area contributed by atoms with E-state index in [2.05, 4.69) is 20.9 Å². The van der Waals surface area contributed by atoms with Crippen LogP contribution in [0.15, 0.2) is 54.9 Å². The molecule has 0 bridgehead atoms. The zero-order chi connectivity index (χ0) is 31.1. The minimum Gasteiger partial charge on any atom is -0.388 e. The van der Waals surface area contributed by atoms with Crippen molar-refractivity contribution in [3.05, 3.63) is 66.0 Å². The van der Waals surface area contributed by atoms with Crippen molar-refractivity contribution < 1.29 is 33.0 Å². The smallest absolute Gasteiger partial charge is 0.253 e. The van der Waals surface area contributed by atoms with E-state index in [-0.39, 0.29) is 23.6 Å². The topological polar surface area (TPSA) is 175 Å². The Morgan fingerprint density at radius 3 is 2.26 bits per heavy atom. The van der Waals surface area contributed by atoms with E-state index in [9.17, 15) is 33.0 Å². The first-order valence-electron chi connectivity index (χ1n) is 13.8. The zero-order valence-electron chi connectivity index (χ0n) is 24.2. The van der Waals surface area contributed by atoms with Crippen molar-refractivity contribution in [2.45, 2.75) is 69.9 Å². The van der Waals surface area contributed by atoms with Crippen molar-refractivity contribution in [2.75, 3.05) is 23.5 Å². The van der Waals surface area contributed by atoms with Crippen LogP contribution in [0, 0.1) is 0 Å². The quantitative estimate of drug-likeness (QED) is 0.163. The average Bonchev–Trinajstić information content (AvgIpc) is 2.97. The number of hydrogen-bond acceptors (Lipinski definition) is 9. The van der Waals surface area contributed by atoms with Crippen LogP contribution in [0.25, 0.3) is 0 Å². The second kappa shape index (κ2) is 17.8. The molecule has 0 aliphatic rings. The second-order valence-electron chi connectivity index (χ2n) is 10.1. The molecular formula is C29H42N4O7S2. The van der Waals surface area contributed by atoms with Crippen molar-refractivity contribution in [3.63, 3.8) is 0 Å². The van der Waals surface area contributed by atoms with Gasteiger partial charge in [-0.1, -0.05) is 43.7 Å². The molecule has 5 atom stereocenters. The monoisotopic (exact) mass is 622 g/mol. The lowest BCUT2D eigenvalue weighted by Crippen LogP contribution is -2.60. The summed E-state index contributed by atoms with van der Waals surface area (Å²) in [5.41, 5.74) is 0.880. The maximum Gasteiger partial charge on any atom is 0.253 e. The molecule has 232 valence electrons. The molecule has 0 saturated carbocycles. The number of pyridine rings is 1. The molecule has 0 fully saturated rings. The van der Waals surface area contributed by atoms with Gasteiger partial charge in [0.2, 0.25) is 11.8 Å². The fourth-order valence-corrected chi connectivity index (χ4v) is 6.47. The summed E-state index contributed by atoms with van der Waals surface area (Å²) in [4.78, 5) is 42.3. The van der Waals surface area contributed by atoms with Crippen LogP contribution in [-0.2, 0) is 25.8 Å². The number of carbonyl (C=O) groups is 3. The van der Waals surface area contributed by atoms with Gasteiger partial charge in [0.05, 0.1) is 29.2 Å². The third-order valence-electron chi connectivity index (χ3n) is 6.60. The van der Waals surface area contributed by atoms with E-state index in [1.54, 1.807) is 24.3 Å². The first-order chi connectivity index (χ1) is 20.0. The summed E-state index contributed by atoms with van der Waals surface area (Å²) < 4.78 is 25.7. The zero-order valence-corrected chi connectivity index (χ0v) is 25.9. The third-order valence-corrected chi connectivity index (χ3v) is 8.99. The van der Waals surface area contributed by atoms with Crippen LogP contribution in [0.4, 0.5) is 0 Å². The molecule has 2 aromatic rings. The minimum atomic E-state index is -3.74. The number of carbonyl (C=O) groups excluding carboxylic acids is 3. The van der Waals surface area contributed by atoms with Crippen LogP contribution in [-0.4, -0.2) is 95.2 Å². The second-order valence-corrected chi connectivity index (χ2v) is 13.3. The van der Waals surface area contributed by atoms with Gasteiger partial charge in [-0.05, 0) is 49.0 Å². The lowest BCUT2D eigenvalue weighted by Gasteiger charge is -2.33. The molecule has 5 N–H and O–H groups in total. The number of aliphatic hydroxyl groups is 2. The fraction of sp³-hybridized carbons (Fsp3) is 0.517. The Hall–Kier alpha value is -3.00. The van der Waals surface area contributed by atoms with E-state index in [0.29, 0.717) is 25.0 Å². The molecule has 11 nitrogen and oxygen atoms in total. The Bertz CT molecular complexity index is 1230. The van der Waals surface area contributed by atoms with Crippen molar-refractivity contribution in [3.8, 4) is 0 Å². The molecule has 1 aromatic heterocycles. The third kappa shape index (κ3) is 12.1. The number of nitrogens with zero attached hydrogens (tertiary/aromatic N) is 1. The molecule has 1 heterocycles. The number of aromatic nitrogens is 1. The summed E-state index contributed by atoms with van der Waals surface area (Å²) in [5.74, 6) is -2.10. The number of amides is 3. The highest BCUT2D eigenvalue weighted by Gasteiger charge is 2.36. The van der Waals surface area contributed by atoms with Gasteiger partial charge in [0.15, 0.2) is 9.84 Å². The van der Waals surface area contributed by atoms with Gasteiger partial charge in [0, 0.05) is 19.3 Å². The molecule has 0 radical (unpaired) electrons. The molecule has 0 saturated heterocycles. The first-order valence-corrected chi connectivity index (χ1v) is 17.1. The Morgan fingerprint density at radius 2 is 1.67 bits per heavy atom. The number of hydrogen-bond donors (Lipinski definition) is 5. The molecule has 2 rings (SSSR count). The largest absolute Gasteiger partial charge is 0.388 e. The van der Waals surface area contributed by atoms with E-state index < -0.39 is 57.7 Å². The Morgan fingerprint density at radius 1 is 0.976 bits per heavy atom. The van der Waals surface area contributed by atoms with Crippen LogP contribution in [0.1, 0.15) is 49.0 Å². The van der Waals surface area contributed by atoms with Crippen molar-refractivity contribution in [2.24, 2.45) is 0 Å². The SMILES string of the molecule is CCCCS(=O)(=O)CC(NC(=O)c1cccnc1)C(=O)NC(Cc1ccccc1)C(O)C(O)C(CCSC)NC(C)=O. The van der Waals surface area contributed by atoms with Crippen LogP contribution in [0.5, 0.6) is 0 Å². The molecule has 0 aliphatic carbocycles. The molecule has 13 heteroatoms. The highest BCUT2D eigenvalue weighted by molar-refractivity contribution is 7.98. The van der Waals surface area contributed by atoms with E-state index in [4.69, 9.17) is 0 Å². The maximum atomic E-state index is 13.6. The highest BCUT2D eigenvalue weighted by Crippen LogP contribution is 2.15. The number of unbranched alkanes of at least 4 members (excludes halogenated alkanes) is 1. The van der Waals surface area contributed by atoms with Crippen LogP contribution in [0.2, 0.25) is 0 Å². The number of nitrogens with one attached hydrogen (secondary N) is 3. The molecule has 0 spiro atoms. The van der Waals surface area contributed by atoms with E-state index in [1.165, 1.54) is 43.2 Å². The highest BCUT2D eigenvalue weighted by atomic mass is 32.2. The van der Waals surface area contributed by atoms with E-state index >= 15 is 0 Å². The van der Waals surface area contributed by atoms with Gasteiger partial charge in [-0.15, -0.1) is 0 Å². The Balaban J connectivity index is 2.38. The lowest BCUT2D eigenvalue weighted by atomic mass is 9.92. The summed E-state index contributed by atoms with van der Waals surface area (Å²) in [6.45, 7) is 3.15. The van der Waals surface area contributed by atoms with Crippen molar-refractivity contribution in [1.29, 1.82) is 0 Å². The predicted octanol–water partition coefficient (Wildman–Crippen LogP) is 1.10. The number of benzene rings is 1. The predicted molar refractivity (Wildman–Crippen MR) is 164 cm³/mol. The number of thioether (sulfide) groups is 1. The molecule has 42 heavy (non-hydrogen) atoms. The van der Waals surface area contributed by atoms with Gasteiger partial charge >= 0.3 is 0 Å². The van der Waals surface area contributed by atoms with Gasteiger partial charge in [-0.25, -0.2) is 8.42 Å². The van der Waals surface area contributed by atoms with Crippen LogP contribution >= 0.6 is 11.8 Å². The van der Waals surface area contributed by atoms with E-state index in [0.717, 1.165) is 5.56 Å². The van der Waals surface area contributed by atoms with Crippen molar-refractivity contribution >= 4 is 39.3 Å². The summed E-state index contributed by atoms with van der Waals surface area (Å²) in [6, 6.07) is 8.61. The fourth-order valence-electron chi connectivity index (χ4n) is 4.34. The summed E-state index contributed by atoms with van der Waals surface area (Å²) in [7, 11) is -3.74. The van der Waals surface area contributed by atoms with Gasteiger partial charge in [0.25, 0.3) is 5.91 Å². The number of rotatable bonds is 18. The summed E-state index contributed by atoms with van der Waals surface area (Å²) >= 11 is 1.51. The molecule has 1 aromatic carbocycles.